The van der Waals surface area contributed by atoms with E-state index in [2.05, 4.69) is 103 Å². The molecule has 0 saturated carbocycles. The molecule has 0 spiro atoms. The summed E-state index contributed by atoms with van der Waals surface area (Å²) in [6.45, 7) is 0. The molecule has 5 aromatic carbocycles. The number of fused-ring (bicyclic) bond motifs is 8. The summed E-state index contributed by atoms with van der Waals surface area (Å²) in [5.74, 6) is 0. The first-order valence-electron chi connectivity index (χ1n) is 16.0. The van der Waals surface area contributed by atoms with E-state index in [9.17, 15) is 0 Å². The van der Waals surface area contributed by atoms with E-state index in [-0.39, 0.29) is 0 Å². The summed E-state index contributed by atoms with van der Waals surface area (Å²) >= 11 is 0. The molecular weight excluding hydrogens is 587 g/mol. The SMILES string of the molecule is c1ccc2cc3nc(-c4cc(-c5cc6cccnc6c6ncccc56)cc(-c5cc6cccnc6c6ncccc56)c4)ccc3cc2c1. The second kappa shape index (κ2) is 10.5. The average molecular weight is 612 g/mol. The molecule has 5 heterocycles. The van der Waals surface area contributed by atoms with Crippen molar-refractivity contribution in [2.24, 2.45) is 0 Å². The number of nitrogens with zero attached hydrogens (tertiary/aromatic N) is 5. The zero-order chi connectivity index (χ0) is 31.6. The van der Waals surface area contributed by atoms with E-state index < -0.39 is 0 Å². The highest BCUT2D eigenvalue weighted by Gasteiger charge is 2.17. The van der Waals surface area contributed by atoms with Crippen LogP contribution in [0.15, 0.2) is 152 Å². The number of hydrogen-bond acceptors (Lipinski definition) is 5. The van der Waals surface area contributed by atoms with E-state index in [0.29, 0.717) is 0 Å². The molecule has 0 atom stereocenters. The van der Waals surface area contributed by atoms with Crippen LogP contribution < -0.4 is 0 Å². The highest BCUT2D eigenvalue weighted by atomic mass is 14.7. The normalized spacial score (nSPS) is 11.8. The first-order valence-corrected chi connectivity index (χ1v) is 16.0. The maximum absolute atomic E-state index is 5.24. The van der Waals surface area contributed by atoms with Gasteiger partial charge in [0.2, 0.25) is 0 Å². The van der Waals surface area contributed by atoms with Crippen LogP contribution in [-0.2, 0) is 0 Å². The van der Waals surface area contributed by atoms with Crippen LogP contribution in [0.1, 0.15) is 0 Å². The Bertz CT molecular complexity index is 2780. The van der Waals surface area contributed by atoms with Crippen molar-refractivity contribution in [3.8, 4) is 33.5 Å². The lowest BCUT2D eigenvalue weighted by molar-refractivity contribution is 1.37. The third-order valence-electron chi connectivity index (χ3n) is 9.33. The minimum absolute atomic E-state index is 0.889. The molecule has 0 N–H and O–H groups in total. The highest BCUT2D eigenvalue weighted by molar-refractivity contribution is 6.13. The lowest BCUT2D eigenvalue weighted by Crippen LogP contribution is -1.93. The molecule has 5 heteroatoms. The summed E-state index contributed by atoms with van der Waals surface area (Å²) in [6.07, 6.45) is 7.34. The van der Waals surface area contributed by atoms with Crippen LogP contribution >= 0.6 is 0 Å². The van der Waals surface area contributed by atoms with Crippen LogP contribution in [0.5, 0.6) is 0 Å². The monoisotopic (exact) mass is 611 g/mol. The van der Waals surface area contributed by atoms with Gasteiger partial charge in [0.15, 0.2) is 0 Å². The molecule has 0 amide bonds. The van der Waals surface area contributed by atoms with E-state index in [4.69, 9.17) is 24.9 Å². The van der Waals surface area contributed by atoms with Crippen molar-refractivity contribution in [2.45, 2.75) is 0 Å². The molecule has 222 valence electrons. The van der Waals surface area contributed by atoms with Crippen molar-refractivity contribution in [1.82, 2.24) is 24.9 Å². The largest absolute Gasteiger partial charge is 0.254 e. The fraction of sp³-hybridized carbons (Fsp3) is 0. The smallest absolute Gasteiger partial charge is 0.0970 e. The van der Waals surface area contributed by atoms with Gasteiger partial charge in [-0.15, -0.1) is 0 Å². The van der Waals surface area contributed by atoms with E-state index in [0.717, 1.165) is 88.0 Å². The van der Waals surface area contributed by atoms with E-state index in [1.165, 1.54) is 10.8 Å². The van der Waals surface area contributed by atoms with Gasteiger partial charge in [-0.2, -0.15) is 0 Å². The van der Waals surface area contributed by atoms with E-state index in [1.807, 2.05) is 49.1 Å². The summed E-state index contributed by atoms with van der Waals surface area (Å²) in [7, 11) is 0. The first-order chi connectivity index (χ1) is 23.8. The zero-order valence-corrected chi connectivity index (χ0v) is 25.7. The molecule has 5 nitrogen and oxygen atoms in total. The number of aromatic nitrogens is 5. The second-order valence-electron chi connectivity index (χ2n) is 12.2. The van der Waals surface area contributed by atoms with Crippen molar-refractivity contribution in [3.05, 3.63) is 152 Å². The average Bonchev–Trinajstić information content (AvgIpc) is 3.16. The van der Waals surface area contributed by atoms with Gasteiger partial charge in [0.25, 0.3) is 0 Å². The lowest BCUT2D eigenvalue weighted by atomic mass is 9.90. The van der Waals surface area contributed by atoms with Crippen LogP contribution in [0.4, 0.5) is 0 Å². The quantitative estimate of drug-likeness (QED) is 0.147. The molecule has 0 fully saturated rings. The predicted octanol–water partition coefficient (Wildman–Crippen LogP) is 10.6. The Morgan fingerprint density at radius 3 is 1.44 bits per heavy atom. The highest BCUT2D eigenvalue weighted by Crippen LogP contribution is 2.40. The van der Waals surface area contributed by atoms with Crippen LogP contribution in [0.3, 0.4) is 0 Å². The van der Waals surface area contributed by atoms with E-state index in [1.54, 1.807) is 0 Å². The predicted molar refractivity (Wildman–Crippen MR) is 197 cm³/mol. The molecule has 48 heavy (non-hydrogen) atoms. The van der Waals surface area contributed by atoms with Gasteiger partial charge in [0.1, 0.15) is 0 Å². The minimum Gasteiger partial charge on any atom is -0.254 e. The summed E-state index contributed by atoms with van der Waals surface area (Å²) in [6, 6.07) is 44.9. The van der Waals surface area contributed by atoms with Gasteiger partial charge in [0.05, 0.1) is 33.3 Å². The first kappa shape index (κ1) is 26.6. The van der Waals surface area contributed by atoms with Crippen LogP contribution in [-0.4, -0.2) is 24.9 Å². The fourth-order valence-electron chi connectivity index (χ4n) is 7.09. The molecule has 0 unspecified atom stereocenters. The van der Waals surface area contributed by atoms with Crippen molar-refractivity contribution in [1.29, 1.82) is 0 Å². The Labute approximate surface area is 275 Å². The molecule has 0 bridgehead atoms. The molecule has 0 saturated heterocycles. The standard InChI is InChI=1S/C43H25N5/c1-2-8-27-25-39-28(19-26(27)7-1)13-14-38(48-39)33-21-31(36-23-29-9-3-15-44-40(29)42-34(36)11-5-17-46-42)20-32(22-33)37-24-30-10-4-16-45-41(30)43-35(37)12-6-18-47-43/h1-25H. The summed E-state index contributed by atoms with van der Waals surface area (Å²) in [5, 5.41) is 7.71. The molecule has 5 aromatic heterocycles. The Morgan fingerprint density at radius 1 is 0.333 bits per heavy atom. The molecule has 0 aliphatic rings. The molecule has 0 aliphatic carbocycles. The van der Waals surface area contributed by atoms with Crippen LogP contribution in [0.2, 0.25) is 0 Å². The number of rotatable bonds is 3. The zero-order valence-electron chi connectivity index (χ0n) is 25.7. The lowest BCUT2D eigenvalue weighted by Gasteiger charge is -2.15. The third kappa shape index (κ3) is 4.22. The Morgan fingerprint density at radius 2 is 0.833 bits per heavy atom. The summed E-state index contributed by atoms with van der Waals surface area (Å²) < 4.78 is 0. The maximum atomic E-state index is 5.24. The molecule has 0 aliphatic heterocycles. The van der Waals surface area contributed by atoms with Gasteiger partial charge < -0.3 is 0 Å². The Balaban J connectivity index is 1.28. The maximum Gasteiger partial charge on any atom is 0.0970 e. The minimum atomic E-state index is 0.889. The second-order valence-corrected chi connectivity index (χ2v) is 12.2. The summed E-state index contributed by atoms with van der Waals surface area (Å²) in [5.41, 5.74) is 10.8. The molecule has 0 radical (unpaired) electrons. The number of benzene rings is 5. The molecule has 10 rings (SSSR count). The van der Waals surface area contributed by atoms with E-state index >= 15 is 0 Å². The number of pyridine rings is 5. The van der Waals surface area contributed by atoms with Crippen LogP contribution in [0.25, 0.3) is 98.8 Å². The summed E-state index contributed by atoms with van der Waals surface area (Å²) in [4.78, 5) is 24.3. The molecular formula is C43H25N5. The van der Waals surface area contributed by atoms with Gasteiger partial charge >= 0.3 is 0 Å². The van der Waals surface area contributed by atoms with Gasteiger partial charge in [-0.1, -0.05) is 54.6 Å². The van der Waals surface area contributed by atoms with Gasteiger partial charge in [-0.05, 0) is 106 Å². The Hall–Kier alpha value is -6.59. The molecule has 10 aromatic rings. The van der Waals surface area contributed by atoms with Crippen molar-refractivity contribution in [2.75, 3.05) is 0 Å². The van der Waals surface area contributed by atoms with Crippen molar-refractivity contribution in [3.63, 3.8) is 0 Å². The van der Waals surface area contributed by atoms with Gasteiger partial charge in [-0.3, -0.25) is 19.9 Å². The van der Waals surface area contributed by atoms with Crippen LogP contribution in [0, 0.1) is 0 Å². The van der Waals surface area contributed by atoms with Crippen molar-refractivity contribution < 1.29 is 0 Å². The fourth-order valence-corrected chi connectivity index (χ4v) is 7.09. The van der Waals surface area contributed by atoms with Gasteiger partial charge in [-0.25, -0.2) is 4.98 Å². The third-order valence-corrected chi connectivity index (χ3v) is 9.33. The number of hydrogen-bond donors (Lipinski definition) is 0. The van der Waals surface area contributed by atoms with Gasteiger partial charge in [0, 0.05) is 57.3 Å². The Kier molecular flexibility index (Phi) is 5.81. The van der Waals surface area contributed by atoms with Crippen molar-refractivity contribution >= 4 is 65.3 Å². The topological polar surface area (TPSA) is 64.5 Å².